The van der Waals surface area contributed by atoms with Crippen molar-refractivity contribution in [3.8, 4) is 0 Å². The summed E-state index contributed by atoms with van der Waals surface area (Å²) in [6, 6.07) is 0. The third-order valence-electron chi connectivity index (χ3n) is 3.35. The lowest BCUT2D eigenvalue weighted by molar-refractivity contribution is -0.461. The van der Waals surface area contributed by atoms with Crippen molar-refractivity contribution in [1.82, 2.24) is 0 Å². The van der Waals surface area contributed by atoms with E-state index < -0.39 is 60.5 Å². The van der Waals surface area contributed by atoms with Crippen LogP contribution >= 0.6 is 0 Å². The lowest BCUT2D eigenvalue weighted by atomic mass is 9.88. The monoisotopic (exact) mass is 462 g/mol. The molecule has 0 bridgehead atoms. The molecule has 0 nitrogen and oxygen atoms in total. The van der Waals surface area contributed by atoms with E-state index in [1.54, 1.807) is 0 Å². The van der Waals surface area contributed by atoms with Gasteiger partial charge in [-0.25, -0.2) is 0 Å². The summed E-state index contributed by atoms with van der Waals surface area (Å²) < 4.78 is 217. The van der Waals surface area contributed by atoms with Crippen LogP contribution in [0.4, 0.5) is 74.6 Å². The van der Waals surface area contributed by atoms with Crippen molar-refractivity contribution in [2.75, 3.05) is 0 Å². The molecule has 0 aliphatic rings. The molecule has 0 aliphatic heterocycles. The van der Waals surface area contributed by atoms with Crippen molar-refractivity contribution in [1.29, 1.82) is 0 Å². The van der Waals surface area contributed by atoms with Crippen molar-refractivity contribution >= 4 is 0 Å². The maximum Gasteiger partial charge on any atom is 0.460 e. The van der Waals surface area contributed by atoms with E-state index in [2.05, 4.69) is 0 Å². The minimum absolute atomic E-state index is 0.590. The first-order valence-corrected chi connectivity index (χ1v) is 6.52. The Morgan fingerprint density at radius 3 is 0.893 bits per heavy atom. The normalized spacial score (nSPS) is 16.5. The Morgan fingerprint density at radius 2 is 0.643 bits per heavy atom. The van der Waals surface area contributed by atoms with E-state index in [-0.39, 0.29) is 0 Å². The maximum absolute atomic E-state index is 13.2. The third kappa shape index (κ3) is 3.25. The summed E-state index contributed by atoms with van der Waals surface area (Å²) in [5, 5.41) is 0. The van der Waals surface area contributed by atoms with Crippen molar-refractivity contribution in [2.45, 2.75) is 67.4 Å². The molecular weight excluding hydrogens is 455 g/mol. The molecule has 0 amide bonds. The van der Waals surface area contributed by atoms with Gasteiger partial charge in [0, 0.05) is 6.42 Å². The van der Waals surface area contributed by atoms with Gasteiger partial charge < -0.3 is 0 Å². The molecule has 0 aliphatic carbocycles. The fraction of sp³-hybridized carbons (Fsp3) is 1.00. The molecule has 0 aromatic heterocycles. The summed E-state index contributed by atoms with van der Waals surface area (Å²) in [4.78, 5) is 0. The first kappa shape index (κ1) is 26.8. The lowest BCUT2D eigenvalue weighted by Gasteiger charge is -2.42. The van der Waals surface area contributed by atoms with Gasteiger partial charge in [-0.2, -0.15) is 74.6 Å². The van der Waals surface area contributed by atoms with Crippen LogP contribution in [-0.4, -0.2) is 47.6 Å². The zero-order valence-electron chi connectivity index (χ0n) is 12.8. The Morgan fingerprint density at radius 1 is 0.393 bits per heavy atom. The zero-order valence-corrected chi connectivity index (χ0v) is 12.8. The van der Waals surface area contributed by atoms with Crippen molar-refractivity contribution < 1.29 is 74.6 Å². The van der Waals surface area contributed by atoms with Crippen LogP contribution in [0.2, 0.25) is 0 Å². The summed E-state index contributed by atoms with van der Waals surface area (Å²) in [6.07, 6.45) is -11.3. The molecule has 0 rings (SSSR count). The molecule has 28 heavy (non-hydrogen) atoms. The number of halogens is 17. The minimum Gasteiger partial charge on any atom is -0.200 e. The minimum atomic E-state index is -8.56. The molecule has 0 fully saturated rings. The molecule has 0 spiro atoms. The molecule has 170 valence electrons. The van der Waals surface area contributed by atoms with Gasteiger partial charge in [0.15, 0.2) is 0 Å². The van der Waals surface area contributed by atoms with Gasteiger partial charge in [0.05, 0.1) is 0 Å². The van der Waals surface area contributed by atoms with Crippen molar-refractivity contribution in [3.05, 3.63) is 0 Å². The first-order chi connectivity index (χ1) is 11.8. The van der Waals surface area contributed by atoms with Gasteiger partial charge in [0.25, 0.3) is 0 Å². The molecule has 17 heteroatoms. The predicted molar refractivity (Wildman–Crippen MR) is 55.6 cm³/mol. The Hall–Kier alpha value is -1.19. The molecule has 0 unspecified atom stereocenters. The van der Waals surface area contributed by atoms with Crippen molar-refractivity contribution in [3.63, 3.8) is 0 Å². The Bertz CT molecular complexity index is 554. The van der Waals surface area contributed by atoms with Crippen LogP contribution in [0.25, 0.3) is 0 Å². The summed E-state index contributed by atoms with van der Waals surface area (Å²) >= 11 is 0. The van der Waals surface area contributed by atoms with E-state index in [0.29, 0.717) is 6.92 Å². The second-order valence-corrected chi connectivity index (χ2v) is 5.40. The number of hydrogen-bond acceptors (Lipinski definition) is 0. The molecule has 0 heterocycles. The van der Waals surface area contributed by atoms with Crippen LogP contribution in [0.15, 0.2) is 0 Å². The highest BCUT2D eigenvalue weighted by Gasteiger charge is 2.95. The highest BCUT2D eigenvalue weighted by atomic mass is 19.4. The van der Waals surface area contributed by atoms with E-state index in [1.165, 1.54) is 0 Å². The van der Waals surface area contributed by atoms with Gasteiger partial charge in [0.2, 0.25) is 0 Å². The van der Waals surface area contributed by atoms with Gasteiger partial charge in [0.1, 0.15) is 0 Å². The number of alkyl halides is 17. The molecule has 0 saturated heterocycles. The highest BCUT2D eigenvalue weighted by Crippen LogP contribution is 2.64. The second-order valence-electron chi connectivity index (χ2n) is 5.40. The van der Waals surface area contributed by atoms with Crippen molar-refractivity contribution in [2.24, 2.45) is 0 Å². The quantitative estimate of drug-likeness (QED) is 0.349. The van der Waals surface area contributed by atoms with Gasteiger partial charge >= 0.3 is 47.6 Å². The van der Waals surface area contributed by atoms with E-state index in [9.17, 15) is 74.6 Å². The SMILES string of the molecule is CCCC(F)(F)C(F)(F)C(F)(F)C(F)(F)C(F)(F)C(F)(F)C(F)(F)C(F)(F)F. The summed E-state index contributed by atoms with van der Waals surface area (Å²) in [6.45, 7) is 0.590. The van der Waals surface area contributed by atoms with Crippen LogP contribution < -0.4 is 0 Å². The molecule has 0 atom stereocenters. The van der Waals surface area contributed by atoms with E-state index in [4.69, 9.17) is 0 Å². The van der Waals surface area contributed by atoms with E-state index >= 15 is 0 Å². The number of hydrogen-bond donors (Lipinski definition) is 0. The smallest absolute Gasteiger partial charge is 0.200 e. The fourth-order valence-corrected chi connectivity index (χ4v) is 1.67. The van der Waals surface area contributed by atoms with Crippen LogP contribution in [-0.2, 0) is 0 Å². The molecule has 0 aromatic rings. The summed E-state index contributed by atoms with van der Waals surface area (Å²) in [7, 11) is 0. The summed E-state index contributed by atoms with van der Waals surface area (Å²) in [5.41, 5.74) is 0. The maximum atomic E-state index is 13.2. The average Bonchev–Trinajstić information content (AvgIpc) is 2.44. The van der Waals surface area contributed by atoms with Gasteiger partial charge in [-0.05, 0) is 0 Å². The summed E-state index contributed by atoms with van der Waals surface area (Å²) in [5.74, 6) is -55.6. The second kappa shape index (κ2) is 6.67. The largest absolute Gasteiger partial charge is 0.460 e. The topological polar surface area (TPSA) is 0 Å². The molecule has 0 radical (unpaired) electrons. The standard InChI is InChI=1S/C11H7F17/c1-2-3-4(12,13)5(14,15)6(16,17)7(18,19)8(20,21)9(22,23)10(24,25)11(26,27)28/h2-3H2,1H3. The first-order valence-electron chi connectivity index (χ1n) is 6.52. The van der Waals surface area contributed by atoms with Gasteiger partial charge in [-0.1, -0.05) is 13.3 Å². The number of rotatable bonds is 8. The van der Waals surface area contributed by atoms with Gasteiger partial charge in [-0.3, -0.25) is 0 Å². The van der Waals surface area contributed by atoms with E-state index in [1.807, 2.05) is 0 Å². The zero-order chi connectivity index (χ0) is 23.4. The van der Waals surface area contributed by atoms with E-state index in [0.717, 1.165) is 0 Å². The third-order valence-corrected chi connectivity index (χ3v) is 3.35. The van der Waals surface area contributed by atoms with Crippen LogP contribution in [0.1, 0.15) is 19.8 Å². The lowest BCUT2D eigenvalue weighted by Crippen LogP contribution is -2.74. The average molecular weight is 462 g/mol. The Balaban J connectivity index is 6.63. The highest BCUT2D eigenvalue weighted by molar-refractivity contribution is 5.14. The molecular formula is C11H7F17. The van der Waals surface area contributed by atoms with Crippen LogP contribution in [0.5, 0.6) is 0 Å². The Labute approximate surface area is 143 Å². The predicted octanol–water partition coefficient (Wildman–Crippen LogP) is 6.80. The van der Waals surface area contributed by atoms with Crippen LogP contribution in [0, 0.1) is 0 Å². The van der Waals surface area contributed by atoms with Gasteiger partial charge in [-0.15, -0.1) is 0 Å². The fourth-order valence-electron chi connectivity index (χ4n) is 1.67. The Kier molecular flexibility index (Phi) is 6.39. The molecule has 0 saturated carbocycles. The molecule has 0 aromatic carbocycles. The molecule has 0 N–H and O–H groups in total. The van der Waals surface area contributed by atoms with Crippen LogP contribution in [0.3, 0.4) is 0 Å².